The minimum atomic E-state index is -1.77. The molecule has 14 nitrogen and oxygen atoms in total. The van der Waals surface area contributed by atoms with E-state index in [0.717, 1.165) is 0 Å². The molecule has 0 aromatic heterocycles. The number of nitrogens with one attached hydrogen (secondary N) is 1. The van der Waals surface area contributed by atoms with E-state index in [1.807, 2.05) is 0 Å². The first-order valence-electron chi connectivity index (χ1n) is 11.0. The van der Waals surface area contributed by atoms with E-state index < -0.39 is 86.6 Å². The highest BCUT2D eigenvalue weighted by atomic mass is 16.7. The van der Waals surface area contributed by atoms with Crippen LogP contribution in [-0.4, -0.2) is 127 Å². The van der Waals surface area contributed by atoms with Crippen LogP contribution in [0.3, 0.4) is 0 Å². The van der Waals surface area contributed by atoms with E-state index in [4.69, 9.17) is 25.1 Å². The number of rotatable bonds is 9. The number of hydrogen-bond donors (Lipinski definition) is 10. The number of aliphatic hydroxyl groups is 7. The number of benzene rings is 1. The lowest BCUT2D eigenvalue weighted by Gasteiger charge is -2.46. The molecule has 0 radical (unpaired) electrons. The van der Waals surface area contributed by atoms with Gasteiger partial charge in [0.15, 0.2) is 12.5 Å². The zero-order valence-electron chi connectivity index (χ0n) is 18.6. The molecule has 3 rings (SSSR count). The summed E-state index contributed by atoms with van der Waals surface area (Å²) in [5.74, 6) is -1.13. The molecule has 2 aliphatic rings. The van der Waals surface area contributed by atoms with Crippen LogP contribution in [0.1, 0.15) is 5.56 Å². The Morgan fingerprint density at radius 1 is 0.914 bits per heavy atom. The summed E-state index contributed by atoms with van der Waals surface area (Å²) in [4.78, 5) is 10.9. The predicted molar refractivity (Wildman–Crippen MR) is 116 cm³/mol. The van der Waals surface area contributed by atoms with E-state index in [-0.39, 0.29) is 6.42 Å². The molecule has 2 saturated heterocycles. The molecule has 0 aliphatic carbocycles. The van der Waals surface area contributed by atoms with Crippen molar-refractivity contribution < 1.29 is 59.9 Å². The third kappa shape index (κ3) is 6.25. The lowest BCUT2D eigenvalue weighted by Crippen LogP contribution is -2.65. The third-order valence-electron chi connectivity index (χ3n) is 6.04. The Hall–Kier alpha value is -1.95. The van der Waals surface area contributed by atoms with Crippen LogP contribution in [0.5, 0.6) is 0 Å². The van der Waals surface area contributed by atoms with E-state index in [1.54, 1.807) is 24.3 Å². The molecule has 2 aliphatic heterocycles. The van der Waals surface area contributed by atoms with Gasteiger partial charge in [0, 0.05) is 5.69 Å². The second-order valence-electron chi connectivity index (χ2n) is 8.55. The zero-order chi connectivity index (χ0) is 25.9. The Morgan fingerprint density at radius 2 is 1.51 bits per heavy atom. The van der Waals surface area contributed by atoms with Crippen LogP contribution in [0, 0.1) is 0 Å². The fourth-order valence-corrected chi connectivity index (χ4v) is 3.94. The first-order valence-corrected chi connectivity index (χ1v) is 11.0. The van der Waals surface area contributed by atoms with Crippen molar-refractivity contribution in [3.05, 3.63) is 29.8 Å². The molecule has 14 heteroatoms. The SMILES string of the molecule is NC(Cc1ccc(N[C@@H]2O[C@H](CO)[C@H](O)[C@H](O[C@@H]3O[C@H](CO)[C@H](O)[C@H](O)[C@H]3O)[C@H]2O)cc1)C(=O)O. The Balaban J connectivity index is 1.72. The van der Waals surface area contributed by atoms with Gasteiger partial charge in [0.1, 0.15) is 54.9 Å². The Morgan fingerprint density at radius 3 is 2.09 bits per heavy atom. The number of hydrogen-bond acceptors (Lipinski definition) is 13. The van der Waals surface area contributed by atoms with Crippen molar-refractivity contribution in [1.29, 1.82) is 0 Å². The smallest absolute Gasteiger partial charge is 0.320 e. The van der Waals surface area contributed by atoms with Gasteiger partial charge in [0.2, 0.25) is 0 Å². The van der Waals surface area contributed by atoms with E-state index in [0.29, 0.717) is 11.3 Å². The van der Waals surface area contributed by atoms with Gasteiger partial charge < -0.3 is 66.1 Å². The average Bonchev–Trinajstić information content (AvgIpc) is 2.84. The van der Waals surface area contributed by atoms with Crippen LogP contribution in [0.4, 0.5) is 5.69 Å². The Labute approximate surface area is 200 Å². The lowest BCUT2D eigenvalue weighted by molar-refractivity contribution is -0.340. The maximum Gasteiger partial charge on any atom is 0.320 e. The second-order valence-corrected chi connectivity index (χ2v) is 8.55. The summed E-state index contributed by atoms with van der Waals surface area (Å²) in [5.41, 5.74) is 6.63. The van der Waals surface area contributed by atoms with Gasteiger partial charge in [0.25, 0.3) is 0 Å². The number of carboxylic acid groups (broad SMARTS) is 1. The topological polar surface area (TPSA) is 245 Å². The number of ether oxygens (including phenoxy) is 3. The largest absolute Gasteiger partial charge is 0.480 e. The molecule has 2 heterocycles. The van der Waals surface area contributed by atoms with Gasteiger partial charge in [-0.25, -0.2) is 0 Å². The third-order valence-corrected chi connectivity index (χ3v) is 6.04. The van der Waals surface area contributed by atoms with Gasteiger partial charge >= 0.3 is 5.97 Å². The molecule has 0 amide bonds. The van der Waals surface area contributed by atoms with Crippen LogP contribution in [0.2, 0.25) is 0 Å². The number of aliphatic carboxylic acids is 1. The highest BCUT2D eigenvalue weighted by Gasteiger charge is 2.50. The van der Waals surface area contributed by atoms with E-state index in [1.165, 1.54) is 0 Å². The normalized spacial score (nSPS) is 38.6. The van der Waals surface area contributed by atoms with E-state index in [9.17, 15) is 40.5 Å². The fourth-order valence-electron chi connectivity index (χ4n) is 3.94. The van der Waals surface area contributed by atoms with Crippen molar-refractivity contribution in [1.82, 2.24) is 0 Å². The molecule has 1 aromatic carbocycles. The fraction of sp³-hybridized carbons (Fsp3) is 0.667. The summed E-state index contributed by atoms with van der Waals surface area (Å²) in [5, 5.41) is 82.3. The first-order chi connectivity index (χ1) is 16.6. The molecule has 198 valence electrons. The summed E-state index contributed by atoms with van der Waals surface area (Å²) in [6, 6.07) is 5.37. The van der Waals surface area contributed by atoms with Crippen molar-refractivity contribution in [2.45, 2.75) is 73.8 Å². The Bertz CT molecular complexity index is 827. The molecule has 0 spiro atoms. The number of carbonyl (C=O) groups is 1. The molecule has 0 saturated carbocycles. The summed E-state index contributed by atoms with van der Waals surface area (Å²) in [7, 11) is 0. The minimum Gasteiger partial charge on any atom is -0.480 e. The molecule has 35 heavy (non-hydrogen) atoms. The molecule has 11 atom stereocenters. The maximum atomic E-state index is 10.9. The highest BCUT2D eigenvalue weighted by Crippen LogP contribution is 2.29. The standard InChI is InChI=1S/C21H32N2O12/c22-10(20(31)32)5-8-1-3-9(4-2-8)23-19-17(30)18(14(27)12(7-25)33-19)35-21-16(29)15(28)13(26)11(6-24)34-21/h1-4,10-19,21,23-30H,5-7,22H2,(H,31,32)/t10?,11-,12-,13+,14+,15+,16-,17-,18+,19-,21+/m1/s1. The Kier molecular flexibility index (Phi) is 9.36. The van der Waals surface area contributed by atoms with Gasteiger partial charge in [-0.05, 0) is 24.1 Å². The molecule has 1 aromatic rings. The van der Waals surface area contributed by atoms with Crippen LogP contribution >= 0.6 is 0 Å². The summed E-state index contributed by atoms with van der Waals surface area (Å²) in [6.45, 7) is -1.34. The quantitative estimate of drug-likeness (QED) is 0.153. The van der Waals surface area contributed by atoms with Crippen molar-refractivity contribution in [3.63, 3.8) is 0 Å². The molecule has 2 fully saturated rings. The average molecular weight is 504 g/mol. The van der Waals surface area contributed by atoms with Crippen molar-refractivity contribution in [3.8, 4) is 0 Å². The van der Waals surface area contributed by atoms with Gasteiger partial charge in [-0.1, -0.05) is 12.1 Å². The van der Waals surface area contributed by atoms with Crippen LogP contribution in [0.25, 0.3) is 0 Å². The molecule has 0 bridgehead atoms. The predicted octanol–water partition coefficient (Wildman–Crippen LogP) is -4.32. The van der Waals surface area contributed by atoms with E-state index in [2.05, 4.69) is 5.32 Å². The van der Waals surface area contributed by atoms with Gasteiger partial charge in [-0.15, -0.1) is 0 Å². The zero-order valence-corrected chi connectivity index (χ0v) is 18.6. The molecular weight excluding hydrogens is 472 g/mol. The number of anilines is 1. The van der Waals surface area contributed by atoms with Crippen LogP contribution in [-0.2, 0) is 25.4 Å². The van der Waals surface area contributed by atoms with Gasteiger partial charge in [-0.2, -0.15) is 0 Å². The maximum absolute atomic E-state index is 10.9. The van der Waals surface area contributed by atoms with Gasteiger partial charge in [-0.3, -0.25) is 4.79 Å². The number of aliphatic hydroxyl groups excluding tert-OH is 7. The van der Waals surface area contributed by atoms with Crippen molar-refractivity contribution in [2.75, 3.05) is 18.5 Å². The van der Waals surface area contributed by atoms with Crippen LogP contribution in [0.15, 0.2) is 24.3 Å². The van der Waals surface area contributed by atoms with Crippen LogP contribution < -0.4 is 11.1 Å². The molecular formula is C21H32N2O12. The first kappa shape index (κ1) is 27.6. The van der Waals surface area contributed by atoms with Crippen molar-refractivity contribution in [2.24, 2.45) is 5.73 Å². The highest BCUT2D eigenvalue weighted by molar-refractivity contribution is 5.73. The molecule has 11 N–H and O–H groups in total. The van der Waals surface area contributed by atoms with Crippen molar-refractivity contribution >= 4 is 11.7 Å². The van der Waals surface area contributed by atoms with E-state index >= 15 is 0 Å². The summed E-state index contributed by atoms with van der Waals surface area (Å²) >= 11 is 0. The number of nitrogens with two attached hydrogens (primary N) is 1. The van der Waals surface area contributed by atoms with Gasteiger partial charge in [0.05, 0.1) is 13.2 Å². The summed E-state index contributed by atoms with van der Waals surface area (Å²) in [6.07, 6.45) is -14.9. The minimum absolute atomic E-state index is 0.103. The monoisotopic (exact) mass is 504 g/mol. The molecule has 1 unspecified atom stereocenters. The lowest BCUT2D eigenvalue weighted by atomic mass is 9.96. The second kappa shape index (κ2) is 11.9. The summed E-state index contributed by atoms with van der Waals surface area (Å²) < 4.78 is 16.4. The number of carboxylic acids is 1.